The van der Waals surface area contributed by atoms with Crippen molar-refractivity contribution in [2.24, 2.45) is 17.6 Å². The minimum Gasteiger partial charge on any atom is -0.476 e. The fourth-order valence-corrected chi connectivity index (χ4v) is 5.04. The lowest BCUT2D eigenvalue weighted by atomic mass is 9.93. The van der Waals surface area contributed by atoms with Gasteiger partial charge in [0.2, 0.25) is 17.7 Å². The molecule has 2 aromatic heterocycles. The molecule has 0 fully saturated rings. The molecular formula is C29H40N4O5. The number of hydrogen-bond donors (Lipinski definition) is 3. The standard InChI is InChI=1S/C29H40N4O5/c1-6-10-19(11-7-2)27(34)33(28(35)22(30)14-17(3)4)24(26-32-25(29(36)37)18(5)38-26)15-20-16-31-23-13-9-8-12-21(20)23/h8-9,12-13,16-17,19,22,24,31H,6-7,10-11,14-15,30H2,1-5H3,(H,36,37)/t22-,24+/m0/s1. The summed E-state index contributed by atoms with van der Waals surface area (Å²) >= 11 is 0. The van der Waals surface area contributed by atoms with Crippen LogP contribution in [-0.2, 0) is 16.0 Å². The number of aromatic carboxylic acids is 1. The Morgan fingerprint density at radius 1 is 1.11 bits per heavy atom. The number of hydrogen-bond acceptors (Lipinski definition) is 6. The van der Waals surface area contributed by atoms with Crippen LogP contribution in [0.15, 0.2) is 34.9 Å². The van der Waals surface area contributed by atoms with Gasteiger partial charge in [-0.3, -0.25) is 14.5 Å². The third-order valence-electron chi connectivity index (χ3n) is 6.84. The second kappa shape index (κ2) is 12.9. The highest BCUT2D eigenvalue weighted by atomic mass is 16.4. The molecule has 9 nitrogen and oxygen atoms in total. The Labute approximate surface area is 223 Å². The molecule has 0 bridgehead atoms. The maximum absolute atomic E-state index is 14.1. The van der Waals surface area contributed by atoms with E-state index in [2.05, 4.69) is 9.97 Å². The van der Waals surface area contributed by atoms with Gasteiger partial charge in [0.1, 0.15) is 11.8 Å². The lowest BCUT2D eigenvalue weighted by Crippen LogP contribution is -2.51. The van der Waals surface area contributed by atoms with E-state index >= 15 is 0 Å². The smallest absolute Gasteiger partial charge is 0.358 e. The van der Waals surface area contributed by atoms with Crippen molar-refractivity contribution in [1.29, 1.82) is 0 Å². The molecule has 38 heavy (non-hydrogen) atoms. The quantitative estimate of drug-likeness (QED) is 0.272. The highest BCUT2D eigenvalue weighted by Gasteiger charge is 2.40. The average molecular weight is 525 g/mol. The van der Waals surface area contributed by atoms with E-state index in [9.17, 15) is 19.5 Å². The van der Waals surface area contributed by atoms with Crippen molar-refractivity contribution in [1.82, 2.24) is 14.9 Å². The van der Waals surface area contributed by atoms with Crippen LogP contribution in [-0.4, -0.2) is 43.8 Å². The minimum atomic E-state index is -1.24. The first-order valence-corrected chi connectivity index (χ1v) is 13.5. The molecule has 0 radical (unpaired) electrons. The highest BCUT2D eigenvalue weighted by molar-refractivity contribution is 5.99. The summed E-state index contributed by atoms with van der Waals surface area (Å²) in [5.74, 6) is -2.17. The fourth-order valence-electron chi connectivity index (χ4n) is 5.04. The molecule has 0 unspecified atom stereocenters. The number of nitrogens with zero attached hydrogens (tertiary/aromatic N) is 2. The Kier molecular flexibility index (Phi) is 9.85. The number of aryl methyl sites for hydroxylation is 1. The van der Waals surface area contributed by atoms with Gasteiger partial charge in [0.25, 0.3) is 0 Å². The molecule has 0 aliphatic rings. The Balaban J connectivity index is 2.19. The van der Waals surface area contributed by atoms with Gasteiger partial charge in [-0.2, -0.15) is 0 Å². The summed E-state index contributed by atoms with van der Waals surface area (Å²) in [4.78, 5) is 48.6. The predicted molar refractivity (Wildman–Crippen MR) is 146 cm³/mol. The average Bonchev–Trinajstić information content (AvgIpc) is 3.46. The van der Waals surface area contributed by atoms with Crippen LogP contribution in [0.1, 0.15) is 93.5 Å². The zero-order valence-electron chi connectivity index (χ0n) is 23.0. The first-order valence-electron chi connectivity index (χ1n) is 13.5. The van der Waals surface area contributed by atoms with Crippen LogP contribution in [0.5, 0.6) is 0 Å². The Morgan fingerprint density at radius 2 is 1.76 bits per heavy atom. The number of oxazole rings is 1. The lowest BCUT2D eigenvalue weighted by molar-refractivity contribution is -0.152. The fraction of sp³-hybridized carbons (Fsp3) is 0.517. The monoisotopic (exact) mass is 524 g/mol. The number of carboxylic acid groups (broad SMARTS) is 1. The molecule has 0 aliphatic heterocycles. The molecule has 0 saturated carbocycles. The molecular weight excluding hydrogens is 484 g/mol. The van der Waals surface area contributed by atoms with E-state index in [1.807, 2.05) is 58.2 Å². The lowest BCUT2D eigenvalue weighted by Gasteiger charge is -2.33. The van der Waals surface area contributed by atoms with Crippen LogP contribution in [0.2, 0.25) is 0 Å². The number of H-pyrrole nitrogens is 1. The van der Waals surface area contributed by atoms with E-state index in [0.29, 0.717) is 19.3 Å². The summed E-state index contributed by atoms with van der Waals surface area (Å²) in [6, 6.07) is 5.87. The number of nitrogens with two attached hydrogens (primary N) is 1. The van der Waals surface area contributed by atoms with Crippen LogP contribution in [0.3, 0.4) is 0 Å². The van der Waals surface area contributed by atoms with Crippen LogP contribution in [0.25, 0.3) is 10.9 Å². The summed E-state index contributed by atoms with van der Waals surface area (Å²) < 4.78 is 5.85. The molecule has 2 atom stereocenters. The maximum atomic E-state index is 14.1. The second-order valence-corrected chi connectivity index (χ2v) is 10.4. The van der Waals surface area contributed by atoms with E-state index in [4.69, 9.17) is 10.2 Å². The number of benzene rings is 1. The van der Waals surface area contributed by atoms with Crippen LogP contribution < -0.4 is 5.73 Å². The van der Waals surface area contributed by atoms with Crippen LogP contribution >= 0.6 is 0 Å². The number of rotatable bonds is 13. The van der Waals surface area contributed by atoms with Crippen LogP contribution in [0.4, 0.5) is 0 Å². The van der Waals surface area contributed by atoms with E-state index in [0.717, 1.165) is 29.3 Å². The number of aromatic amines is 1. The third kappa shape index (κ3) is 6.51. The van der Waals surface area contributed by atoms with Crippen LogP contribution in [0, 0.1) is 18.8 Å². The zero-order valence-corrected chi connectivity index (χ0v) is 23.0. The van der Waals surface area contributed by atoms with Gasteiger partial charge < -0.3 is 20.2 Å². The van der Waals surface area contributed by atoms with Crippen molar-refractivity contribution in [3.63, 3.8) is 0 Å². The highest BCUT2D eigenvalue weighted by Crippen LogP contribution is 2.33. The molecule has 4 N–H and O–H groups in total. The normalized spacial score (nSPS) is 13.3. The van der Waals surface area contributed by atoms with Gasteiger partial charge in [-0.25, -0.2) is 9.78 Å². The Morgan fingerprint density at radius 3 is 2.34 bits per heavy atom. The summed E-state index contributed by atoms with van der Waals surface area (Å²) in [6.07, 6.45) is 5.25. The molecule has 206 valence electrons. The summed E-state index contributed by atoms with van der Waals surface area (Å²) in [6.45, 7) is 9.46. The Hall–Kier alpha value is -3.46. The van der Waals surface area contributed by atoms with Crippen molar-refractivity contribution in [3.05, 3.63) is 53.4 Å². The predicted octanol–water partition coefficient (Wildman–Crippen LogP) is 5.39. The van der Waals surface area contributed by atoms with E-state index in [-0.39, 0.29) is 41.5 Å². The number of fused-ring (bicyclic) bond motifs is 1. The van der Waals surface area contributed by atoms with Gasteiger partial charge in [0.05, 0.1) is 6.04 Å². The number of carbonyl (C=O) groups excluding carboxylic acids is 2. The molecule has 0 spiro atoms. The summed E-state index contributed by atoms with van der Waals surface area (Å²) in [7, 11) is 0. The van der Waals surface area contributed by atoms with Crippen molar-refractivity contribution in [2.75, 3.05) is 0 Å². The Bertz CT molecular complexity index is 1250. The number of aromatic nitrogens is 2. The zero-order chi connectivity index (χ0) is 28.0. The maximum Gasteiger partial charge on any atom is 0.358 e. The minimum absolute atomic E-state index is 0.00961. The van der Waals surface area contributed by atoms with Crippen molar-refractivity contribution < 1.29 is 23.9 Å². The molecule has 3 rings (SSSR count). The summed E-state index contributed by atoms with van der Waals surface area (Å²) in [5.41, 5.74) is 7.89. The van der Waals surface area contributed by atoms with Crippen molar-refractivity contribution in [2.45, 2.75) is 85.2 Å². The topological polar surface area (TPSA) is 143 Å². The molecule has 0 saturated heterocycles. The van der Waals surface area contributed by atoms with Gasteiger partial charge in [-0.15, -0.1) is 0 Å². The van der Waals surface area contributed by atoms with Crippen molar-refractivity contribution >= 4 is 28.7 Å². The molecule has 1 aromatic carbocycles. The van der Waals surface area contributed by atoms with Gasteiger partial charge in [0, 0.05) is 29.4 Å². The third-order valence-corrected chi connectivity index (χ3v) is 6.84. The number of para-hydroxylation sites is 1. The number of carboxylic acids is 1. The molecule has 0 aliphatic carbocycles. The SMILES string of the molecule is CCCC(CCC)C(=O)N(C(=O)[C@@H](N)CC(C)C)[C@H](Cc1c[nH]c2ccccc12)c1nc(C(=O)O)c(C)o1. The largest absolute Gasteiger partial charge is 0.476 e. The molecule has 2 amide bonds. The molecule has 3 aromatic rings. The molecule has 2 heterocycles. The first kappa shape index (κ1) is 29.1. The first-order chi connectivity index (χ1) is 18.1. The van der Waals surface area contributed by atoms with Gasteiger partial charge in [-0.1, -0.05) is 58.7 Å². The van der Waals surface area contributed by atoms with E-state index in [1.54, 1.807) is 0 Å². The number of carbonyl (C=O) groups is 3. The van der Waals surface area contributed by atoms with Gasteiger partial charge in [-0.05, 0) is 43.7 Å². The molecule has 9 heteroatoms. The van der Waals surface area contributed by atoms with Gasteiger partial charge >= 0.3 is 5.97 Å². The van der Waals surface area contributed by atoms with E-state index < -0.39 is 24.0 Å². The summed E-state index contributed by atoms with van der Waals surface area (Å²) in [5, 5.41) is 10.6. The second-order valence-electron chi connectivity index (χ2n) is 10.4. The van der Waals surface area contributed by atoms with Crippen molar-refractivity contribution in [3.8, 4) is 0 Å². The number of nitrogens with one attached hydrogen (secondary N) is 1. The number of amides is 2. The van der Waals surface area contributed by atoms with E-state index in [1.165, 1.54) is 11.8 Å². The van der Waals surface area contributed by atoms with Gasteiger partial charge in [0.15, 0.2) is 5.69 Å². The number of imide groups is 1.